The number of fused-ring (bicyclic) bond motifs is 1. The van der Waals surface area contributed by atoms with Gasteiger partial charge in [-0.1, -0.05) is 12.1 Å². The number of hydrogen-bond donors (Lipinski definition) is 1. The molecule has 2 amide bonds. The van der Waals surface area contributed by atoms with E-state index in [9.17, 15) is 14.4 Å². The third kappa shape index (κ3) is 4.57. The molecule has 1 atom stereocenters. The van der Waals surface area contributed by atoms with Gasteiger partial charge in [0.2, 0.25) is 5.91 Å². The zero-order valence-corrected chi connectivity index (χ0v) is 15.2. The molecule has 1 saturated heterocycles. The van der Waals surface area contributed by atoms with Crippen molar-refractivity contribution >= 4 is 39.3 Å². The van der Waals surface area contributed by atoms with Crippen LogP contribution in [-0.4, -0.2) is 47.4 Å². The van der Waals surface area contributed by atoms with Crippen LogP contribution in [0.4, 0.5) is 0 Å². The Kier molecular flexibility index (Phi) is 5.82. The number of rotatable bonds is 6. The molecule has 0 saturated carbocycles. The smallest absolute Gasteiger partial charge is 0.306 e. The summed E-state index contributed by atoms with van der Waals surface area (Å²) in [5.41, 5.74) is 6.23. The monoisotopic (exact) mass is 375 g/mol. The molecule has 8 heteroatoms. The van der Waals surface area contributed by atoms with E-state index in [4.69, 9.17) is 10.5 Å². The van der Waals surface area contributed by atoms with Crippen molar-refractivity contribution in [3.63, 3.8) is 0 Å². The quantitative estimate of drug-likeness (QED) is 0.771. The fraction of sp³-hybridized carbons (Fsp3) is 0.444. The first-order valence-corrected chi connectivity index (χ1v) is 9.42. The lowest BCUT2D eigenvalue weighted by Gasteiger charge is -2.31. The van der Waals surface area contributed by atoms with Crippen LogP contribution in [0.5, 0.6) is 0 Å². The van der Waals surface area contributed by atoms with Gasteiger partial charge in [-0.25, -0.2) is 4.98 Å². The van der Waals surface area contributed by atoms with E-state index in [1.54, 1.807) is 16.2 Å². The van der Waals surface area contributed by atoms with Crippen LogP contribution in [0.1, 0.15) is 24.3 Å². The molecule has 2 N–H and O–H groups in total. The number of ether oxygens (including phenoxy) is 1. The Morgan fingerprint density at radius 1 is 1.31 bits per heavy atom. The number of primary amides is 1. The van der Waals surface area contributed by atoms with Crippen LogP contribution in [0.2, 0.25) is 0 Å². The molecule has 138 valence electrons. The zero-order valence-electron chi connectivity index (χ0n) is 14.3. The fourth-order valence-corrected chi connectivity index (χ4v) is 3.94. The number of esters is 1. The predicted molar refractivity (Wildman–Crippen MR) is 97.4 cm³/mol. The molecular weight excluding hydrogens is 354 g/mol. The summed E-state index contributed by atoms with van der Waals surface area (Å²) in [7, 11) is 0. The zero-order chi connectivity index (χ0) is 18.5. The van der Waals surface area contributed by atoms with Gasteiger partial charge in [0.25, 0.3) is 5.91 Å². The fourth-order valence-electron chi connectivity index (χ4n) is 2.98. The van der Waals surface area contributed by atoms with Crippen molar-refractivity contribution in [3.05, 3.63) is 29.3 Å². The van der Waals surface area contributed by atoms with Crippen LogP contribution in [0.25, 0.3) is 10.2 Å². The standard InChI is InChI=1S/C18H21N3O4S/c19-18(24)12-4-3-9-21(10-12)16(22)11-25-17(23)8-7-15-20-13-5-1-2-6-14(13)26-15/h1-2,5-6,12H,3-4,7-11H2,(H2,19,24)/t12-/m0/s1. The SMILES string of the molecule is NC(=O)[C@H]1CCCN(C(=O)COC(=O)CCc2nc3ccccc3s2)C1. The minimum atomic E-state index is -0.430. The first-order valence-electron chi connectivity index (χ1n) is 8.60. The molecule has 1 fully saturated rings. The topological polar surface area (TPSA) is 103 Å². The first-order chi connectivity index (χ1) is 12.5. The van der Waals surface area contributed by atoms with Gasteiger partial charge in [-0.05, 0) is 25.0 Å². The number of benzene rings is 1. The van der Waals surface area contributed by atoms with E-state index < -0.39 is 11.9 Å². The van der Waals surface area contributed by atoms with Crippen molar-refractivity contribution in [1.82, 2.24) is 9.88 Å². The number of thiazole rings is 1. The highest BCUT2D eigenvalue weighted by molar-refractivity contribution is 7.18. The number of aryl methyl sites for hydroxylation is 1. The van der Waals surface area contributed by atoms with E-state index in [2.05, 4.69) is 4.98 Å². The van der Waals surface area contributed by atoms with Crippen LogP contribution in [0.3, 0.4) is 0 Å². The van der Waals surface area contributed by atoms with Crippen molar-refractivity contribution in [1.29, 1.82) is 0 Å². The minimum absolute atomic E-state index is 0.178. The van der Waals surface area contributed by atoms with Crippen molar-refractivity contribution < 1.29 is 19.1 Å². The number of likely N-dealkylation sites (tertiary alicyclic amines) is 1. The molecule has 26 heavy (non-hydrogen) atoms. The van der Waals surface area contributed by atoms with E-state index in [0.717, 1.165) is 21.6 Å². The van der Waals surface area contributed by atoms with Crippen molar-refractivity contribution in [2.45, 2.75) is 25.7 Å². The van der Waals surface area contributed by atoms with Gasteiger partial charge in [-0.15, -0.1) is 11.3 Å². The van der Waals surface area contributed by atoms with Gasteiger partial charge in [-0.2, -0.15) is 0 Å². The van der Waals surface area contributed by atoms with Gasteiger partial charge in [-0.3, -0.25) is 14.4 Å². The Morgan fingerprint density at radius 3 is 2.88 bits per heavy atom. The Bertz CT molecular complexity index is 787. The molecule has 2 aromatic rings. The largest absolute Gasteiger partial charge is 0.456 e. The predicted octanol–water partition coefficient (Wildman–Crippen LogP) is 1.50. The van der Waals surface area contributed by atoms with Gasteiger partial charge in [0, 0.05) is 19.5 Å². The highest BCUT2D eigenvalue weighted by Gasteiger charge is 2.27. The average molecular weight is 375 g/mol. The molecule has 0 radical (unpaired) electrons. The number of piperidine rings is 1. The summed E-state index contributed by atoms with van der Waals surface area (Å²) < 4.78 is 6.16. The third-order valence-corrected chi connectivity index (χ3v) is 5.51. The Labute approximate surface area is 155 Å². The second kappa shape index (κ2) is 8.27. The average Bonchev–Trinajstić information content (AvgIpc) is 3.07. The van der Waals surface area contributed by atoms with E-state index in [0.29, 0.717) is 25.9 Å². The lowest BCUT2D eigenvalue weighted by atomic mass is 9.97. The molecule has 0 spiro atoms. The van der Waals surface area contributed by atoms with Gasteiger partial charge >= 0.3 is 5.97 Å². The number of nitrogens with two attached hydrogens (primary N) is 1. The summed E-state index contributed by atoms with van der Waals surface area (Å²) >= 11 is 1.55. The molecule has 0 bridgehead atoms. The number of carbonyl (C=O) groups is 3. The van der Waals surface area contributed by atoms with Crippen LogP contribution in [0, 0.1) is 5.92 Å². The highest BCUT2D eigenvalue weighted by Crippen LogP contribution is 2.22. The van der Waals surface area contributed by atoms with Crippen LogP contribution in [0.15, 0.2) is 24.3 Å². The number of para-hydroxylation sites is 1. The van der Waals surface area contributed by atoms with Crippen molar-refractivity contribution in [2.75, 3.05) is 19.7 Å². The summed E-state index contributed by atoms with van der Waals surface area (Å²) in [6.07, 6.45) is 2.09. The Hall–Kier alpha value is -2.48. The molecule has 1 aliphatic heterocycles. The summed E-state index contributed by atoms with van der Waals surface area (Å²) in [6, 6.07) is 7.80. The highest BCUT2D eigenvalue weighted by atomic mass is 32.1. The van der Waals surface area contributed by atoms with Crippen LogP contribution in [-0.2, 0) is 25.5 Å². The molecule has 1 aromatic heterocycles. The summed E-state index contributed by atoms with van der Waals surface area (Å²) in [5, 5.41) is 0.870. The third-order valence-electron chi connectivity index (χ3n) is 4.41. The normalized spacial score (nSPS) is 17.2. The van der Waals surface area contributed by atoms with Gasteiger partial charge in [0.15, 0.2) is 6.61 Å². The second-order valence-electron chi connectivity index (χ2n) is 6.32. The molecule has 3 rings (SSSR count). The summed E-state index contributed by atoms with van der Waals surface area (Å²) in [6.45, 7) is 0.563. The maximum atomic E-state index is 12.1. The number of hydrogen-bond acceptors (Lipinski definition) is 6. The molecule has 1 aliphatic rings. The molecule has 7 nitrogen and oxygen atoms in total. The maximum absolute atomic E-state index is 12.1. The van der Waals surface area contributed by atoms with Crippen molar-refractivity contribution in [3.8, 4) is 0 Å². The number of aromatic nitrogens is 1. The lowest BCUT2D eigenvalue weighted by Crippen LogP contribution is -2.45. The van der Waals surface area contributed by atoms with Crippen LogP contribution >= 0.6 is 11.3 Å². The number of carbonyl (C=O) groups excluding carboxylic acids is 3. The minimum Gasteiger partial charge on any atom is -0.456 e. The van der Waals surface area contributed by atoms with E-state index >= 15 is 0 Å². The van der Waals surface area contributed by atoms with E-state index in [1.807, 2.05) is 24.3 Å². The number of amides is 2. The first kappa shape index (κ1) is 18.3. The summed E-state index contributed by atoms with van der Waals surface area (Å²) in [4.78, 5) is 41.3. The summed E-state index contributed by atoms with van der Waals surface area (Å²) in [5.74, 6) is -1.43. The maximum Gasteiger partial charge on any atom is 0.306 e. The molecule has 1 aromatic carbocycles. The molecular formula is C18H21N3O4S. The molecule has 0 aliphatic carbocycles. The Balaban J connectivity index is 1.43. The van der Waals surface area contributed by atoms with Gasteiger partial charge in [0.05, 0.1) is 27.6 Å². The second-order valence-corrected chi connectivity index (χ2v) is 7.43. The van der Waals surface area contributed by atoms with E-state index in [1.165, 1.54) is 0 Å². The molecule has 0 unspecified atom stereocenters. The van der Waals surface area contributed by atoms with Gasteiger partial charge < -0.3 is 15.4 Å². The lowest BCUT2D eigenvalue weighted by molar-refractivity contribution is -0.153. The molecule has 2 heterocycles. The Morgan fingerprint density at radius 2 is 2.12 bits per heavy atom. The van der Waals surface area contributed by atoms with Gasteiger partial charge in [0.1, 0.15) is 0 Å². The number of nitrogens with zero attached hydrogens (tertiary/aromatic N) is 2. The van der Waals surface area contributed by atoms with Crippen molar-refractivity contribution in [2.24, 2.45) is 11.7 Å². The van der Waals surface area contributed by atoms with E-state index in [-0.39, 0.29) is 24.9 Å². The van der Waals surface area contributed by atoms with Crippen LogP contribution < -0.4 is 5.73 Å².